The van der Waals surface area contributed by atoms with Gasteiger partial charge in [0.05, 0.1) is 12.6 Å². The number of carbonyl (C=O) groups is 1. The summed E-state index contributed by atoms with van der Waals surface area (Å²) in [6, 6.07) is 15.4. The highest BCUT2D eigenvalue weighted by atomic mass is 16.5. The topological polar surface area (TPSA) is 92.5 Å². The van der Waals surface area contributed by atoms with E-state index in [1.807, 2.05) is 56.3 Å². The maximum absolute atomic E-state index is 12.5. The van der Waals surface area contributed by atoms with Crippen LogP contribution in [-0.4, -0.2) is 50.4 Å². The number of benzene rings is 2. The first-order chi connectivity index (χ1) is 16.5. The molecule has 3 aromatic rings. The van der Waals surface area contributed by atoms with Crippen LogP contribution in [0.2, 0.25) is 0 Å². The van der Waals surface area contributed by atoms with Crippen LogP contribution < -0.4 is 10.1 Å². The molecule has 180 valence electrons. The average molecular weight is 464 g/mol. The minimum Gasteiger partial charge on any atom is -0.504 e. The van der Waals surface area contributed by atoms with Gasteiger partial charge in [0.2, 0.25) is 5.91 Å². The van der Waals surface area contributed by atoms with Gasteiger partial charge < -0.3 is 19.7 Å². The molecule has 1 amide bonds. The fourth-order valence-electron chi connectivity index (χ4n) is 4.33. The Hall–Kier alpha value is -3.39. The smallest absolute Gasteiger partial charge is 0.220 e. The minimum atomic E-state index is -0.207. The molecule has 1 aliphatic rings. The molecule has 1 aromatic heterocycles. The van der Waals surface area contributed by atoms with Crippen molar-refractivity contribution in [2.24, 2.45) is 0 Å². The monoisotopic (exact) mass is 463 g/mol. The lowest BCUT2D eigenvalue weighted by molar-refractivity contribution is -0.121. The zero-order valence-corrected chi connectivity index (χ0v) is 19.9. The van der Waals surface area contributed by atoms with E-state index in [1.165, 1.54) is 0 Å². The zero-order valence-electron chi connectivity index (χ0n) is 19.9. The molecule has 1 atom stereocenters. The van der Waals surface area contributed by atoms with Crippen LogP contribution in [0.5, 0.6) is 11.5 Å². The van der Waals surface area contributed by atoms with Crippen LogP contribution in [0.1, 0.15) is 49.1 Å². The van der Waals surface area contributed by atoms with E-state index in [2.05, 4.69) is 25.0 Å². The largest absolute Gasteiger partial charge is 0.504 e. The van der Waals surface area contributed by atoms with Gasteiger partial charge in [-0.05, 0) is 43.5 Å². The Morgan fingerprint density at radius 2 is 1.94 bits per heavy atom. The Labute approximate surface area is 200 Å². The summed E-state index contributed by atoms with van der Waals surface area (Å²) in [6.07, 6.45) is 1.95. The molecule has 2 aromatic carbocycles. The first-order valence-corrected chi connectivity index (χ1v) is 12.0. The first-order valence-electron chi connectivity index (χ1n) is 12.0. The summed E-state index contributed by atoms with van der Waals surface area (Å²) in [4.78, 5) is 14.9. The summed E-state index contributed by atoms with van der Waals surface area (Å²) < 4.78 is 7.66. The van der Waals surface area contributed by atoms with Crippen molar-refractivity contribution >= 4 is 5.91 Å². The van der Waals surface area contributed by atoms with Gasteiger partial charge in [0.1, 0.15) is 5.82 Å². The summed E-state index contributed by atoms with van der Waals surface area (Å²) in [5.74, 6) is 2.45. The quantitative estimate of drug-likeness (QED) is 0.506. The summed E-state index contributed by atoms with van der Waals surface area (Å²) >= 11 is 0. The third-order valence-corrected chi connectivity index (χ3v) is 6.13. The fraction of sp³-hybridized carbons (Fsp3) is 0.423. The normalized spacial score (nSPS) is 14.8. The van der Waals surface area contributed by atoms with E-state index in [0.717, 1.165) is 55.4 Å². The molecular formula is C26H33N5O3. The molecule has 4 rings (SSSR count). The standard InChI is InChI=1S/C26H33N5O3/c1-3-34-23-17-21(9-11-22(23)32)18-30-14-13-24-28-29-26(31(24)16-15-30)19(2)27-25(33)12-10-20-7-5-4-6-8-20/h4-9,11,17,19,32H,3,10,12-16,18H2,1-2H3,(H,27,33). The lowest BCUT2D eigenvalue weighted by atomic mass is 10.1. The zero-order chi connectivity index (χ0) is 23.9. The molecule has 8 nitrogen and oxygen atoms in total. The Kier molecular flexibility index (Phi) is 7.80. The number of aromatic nitrogens is 3. The van der Waals surface area contributed by atoms with Crippen molar-refractivity contribution in [1.29, 1.82) is 0 Å². The van der Waals surface area contributed by atoms with Crippen molar-refractivity contribution in [3.63, 3.8) is 0 Å². The van der Waals surface area contributed by atoms with Crippen LogP contribution in [0.25, 0.3) is 0 Å². The second-order valence-corrected chi connectivity index (χ2v) is 8.66. The van der Waals surface area contributed by atoms with E-state index in [9.17, 15) is 9.90 Å². The van der Waals surface area contributed by atoms with Crippen molar-refractivity contribution in [1.82, 2.24) is 25.0 Å². The number of aromatic hydroxyl groups is 1. The van der Waals surface area contributed by atoms with Crippen LogP contribution in [0, 0.1) is 0 Å². The van der Waals surface area contributed by atoms with E-state index >= 15 is 0 Å². The number of hydrogen-bond donors (Lipinski definition) is 2. The van der Waals surface area contributed by atoms with Gasteiger partial charge in [0.25, 0.3) is 0 Å². The molecule has 0 fully saturated rings. The predicted molar refractivity (Wildman–Crippen MR) is 130 cm³/mol. The number of aryl methyl sites for hydroxylation is 1. The molecule has 34 heavy (non-hydrogen) atoms. The molecule has 0 radical (unpaired) electrons. The number of carbonyl (C=O) groups excluding carboxylic acids is 1. The van der Waals surface area contributed by atoms with Crippen molar-refractivity contribution in [2.75, 3.05) is 19.7 Å². The molecule has 8 heteroatoms. The molecule has 0 spiro atoms. The van der Waals surface area contributed by atoms with Gasteiger partial charge in [-0.25, -0.2) is 0 Å². The second-order valence-electron chi connectivity index (χ2n) is 8.66. The summed E-state index contributed by atoms with van der Waals surface area (Å²) in [6.45, 7) is 7.61. The van der Waals surface area contributed by atoms with Crippen LogP contribution in [0.4, 0.5) is 0 Å². The Morgan fingerprint density at radius 1 is 1.12 bits per heavy atom. The van der Waals surface area contributed by atoms with Crippen molar-refractivity contribution in [2.45, 2.75) is 52.2 Å². The Balaban J connectivity index is 1.33. The summed E-state index contributed by atoms with van der Waals surface area (Å²) in [5.41, 5.74) is 2.25. The van der Waals surface area contributed by atoms with Gasteiger partial charge in [-0.3, -0.25) is 9.69 Å². The summed E-state index contributed by atoms with van der Waals surface area (Å²) in [5, 5.41) is 21.9. The van der Waals surface area contributed by atoms with Gasteiger partial charge in [-0.15, -0.1) is 10.2 Å². The third kappa shape index (κ3) is 5.94. The molecule has 0 saturated heterocycles. The predicted octanol–water partition coefficient (Wildman–Crippen LogP) is 3.25. The van der Waals surface area contributed by atoms with Crippen LogP contribution in [0.3, 0.4) is 0 Å². The fourth-order valence-corrected chi connectivity index (χ4v) is 4.33. The second kappa shape index (κ2) is 11.2. The number of amides is 1. The summed E-state index contributed by atoms with van der Waals surface area (Å²) in [7, 11) is 0. The number of ether oxygens (including phenoxy) is 1. The highest BCUT2D eigenvalue weighted by molar-refractivity contribution is 5.76. The highest BCUT2D eigenvalue weighted by Gasteiger charge is 2.23. The lowest BCUT2D eigenvalue weighted by Crippen LogP contribution is -2.30. The molecular weight excluding hydrogens is 430 g/mol. The van der Waals surface area contributed by atoms with Crippen LogP contribution in [0.15, 0.2) is 48.5 Å². The SMILES string of the molecule is CCOc1cc(CN2CCc3nnc(C(C)NC(=O)CCc4ccccc4)n3CC2)ccc1O. The molecule has 1 aliphatic heterocycles. The van der Waals surface area contributed by atoms with E-state index in [-0.39, 0.29) is 17.7 Å². The van der Waals surface area contributed by atoms with Gasteiger partial charge in [0.15, 0.2) is 17.3 Å². The van der Waals surface area contributed by atoms with Crippen LogP contribution in [-0.2, 0) is 30.7 Å². The molecule has 0 saturated carbocycles. The van der Waals surface area contributed by atoms with E-state index in [4.69, 9.17) is 4.74 Å². The Bertz CT molecular complexity index is 1100. The molecule has 2 heterocycles. The van der Waals surface area contributed by atoms with Crippen molar-refractivity contribution in [3.05, 3.63) is 71.3 Å². The molecule has 0 bridgehead atoms. The number of fused-ring (bicyclic) bond motifs is 1. The number of nitrogens with one attached hydrogen (secondary N) is 1. The van der Waals surface area contributed by atoms with Crippen LogP contribution >= 0.6 is 0 Å². The van der Waals surface area contributed by atoms with Gasteiger partial charge in [-0.1, -0.05) is 36.4 Å². The number of phenols is 1. The maximum atomic E-state index is 12.5. The average Bonchev–Trinajstić information content (AvgIpc) is 3.15. The molecule has 0 aliphatic carbocycles. The lowest BCUT2D eigenvalue weighted by Gasteiger charge is -2.21. The Morgan fingerprint density at radius 3 is 2.74 bits per heavy atom. The number of hydrogen-bond acceptors (Lipinski definition) is 6. The minimum absolute atomic E-state index is 0.0152. The van der Waals surface area contributed by atoms with Crippen molar-refractivity contribution < 1.29 is 14.6 Å². The first kappa shape index (κ1) is 23.8. The number of phenolic OH excluding ortho intramolecular Hbond substituents is 1. The number of rotatable bonds is 9. The number of nitrogens with zero attached hydrogens (tertiary/aromatic N) is 4. The van der Waals surface area contributed by atoms with Gasteiger partial charge in [0, 0.05) is 39.0 Å². The van der Waals surface area contributed by atoms with Gasteiger partial charge in [-0.2, -0.15) is 0 Å². The van der Waals surface area contributed by atoms with E-state index < -0.39 is 0 Å². The maximum Gasteiger partial charge on any atom is 0.220 e. The highest BCUT2D eigenvalue weighted by Crippen LogP contribution is 2.27. The van der Waals surface area contributed by atoms with Gasteiger partial charge >= 0.3 is 0 Å². The third-order valence-electron chi connectivity index (χ3n) is 6.13. The molecule has 1 unspecified atom stereocenters. The van der Waals surface area contributed by atoms with E-state index in [1.54, 1.807) is 6.07 Å². The van der Waals surface area contributed by atoms with E-state index in [0.29, 0.717) is 25.2 Å². The van der Waals surface area contributed by atoms with Crippen molar-refractivity contribution in [3.8, 4) is 11.5 Å². The molecule has 2 N–H and O–H groups in total.